The van der Waals surface area contributed by atoms with Crippen LogP contribution in [-0.2, 0) is 11.0 Å². The zero-order chi connectivity index (χ0) is 24.6. The number of urea groups is 1. The Morgan fingerprint density at radius 1 is 1.29 bits per heavy atom. The second-order valence-corrected chi connectivity index (χ2v) is 8.02. The summed E-state index contributed by atoms with van der Waals surface area (Å²) in [6, 6.07) is 0.910. The van der Waals surface area contributed by atoms with Crippen molar-refractivity contribution in [2.45, 2.75) is 19.1 Å². The summed E-state index contributed by atoms with van der Waals surface area (Å²) in [7, 11) is 2.00. The number of aromatic nitrogens is 3. The molecule has 9 nitrogen and oxygen atoms in total. The van der Waals surface area contributed by atoms with Gasteiger partial charge in [-0.05, 0) is 32.2 Å². The van der Waals surface area contributed by atoms with Crippen molar-refractivity contribution in [1.82, 2.24) is 20.1 Å². The number of likely N-dealkylation sites (N-methyl/N-ethyl adjacent to an activating group) is 1. The lowest BCUT2D eigenvalue weighted by Crippen LogP contribution is -2.51. The molecule has 1 fully saturated rings. The number of halogens is 4. The van der Waals surface area contributed by atoms with E-state index in [0.29, 0.717) is 40.3 Å². The number of hydrogen-bond donors (Lipinski definition) is 2. The van der Waals surface area contributed by atoms with Gasteiger partial charge in [-0.25, -0.2) is 19.1 Å². The van der Waals surface area contributed by atoms with E-state index in [1.165, 1.54) is 6.20 Å². The number of imide groups is 1. The van der Waals surface area contributed by atoms with Crippen LogP contribution in [0.5, 0.6) is 0 Å². The molecular formula is C21H21F4N7O2. The number of pyridine rings is 1. The third-order valence-electron chi connectivity index (χ3n) is 5.67. The van der Waals surface area contributed by atoms with E-state index < -0.39 is 29.3 Å². The molecule has 1 aliphatic heterocycles. The monoisotopic (exact) mass is 479 g/mol. The van der Waals surface area contributed by atoms with E-state index in [1.54, 1.807) is 6.20 Å². The van der Waals surface area contributed by atoms with Crippen molar-refractivity contribution in [3.63, 3.8) is 0 Å². The van der Waals surface area contributed by atoms with Gasteiger partial charge in [0.05, 0.1) is 40.4 Å². The number of carbonyl (C=O) groups excluding carboxylic acids is 2. The van der Waals surface area contributed by atoms with Gasteiger partial charge in [0.2, 0.25) is 6.41 Å². The third kappa shape index (κ3) is 4.38. The topological polar surface area (TPSA) is 97.5 Å². The predicted molar refractivity (Wildman–Crippen MR) is 117 cm³/mol. The molecule has 13 heteroatoms. The lowest BCUT2D eigenvalue weighted by molar-refractivity contribution is -0.140. The van der Waals surface area contributed by atoms with Crippen molar-refractivity contribution < 1.29 is 27.2 Å². The Kier molecular flexibility index (Phi) is 6.13. The highest BCUT2D eigenvalue weighted by atomic mass is 19.4. The minimum Gasteiger partial charge on any atom is -0.364 e. The Labute approximate surface area is 191 Å². The maximum Gasteiger partial charge on any atom is 0.419 e. The summed E-state index contributed by atoms with van der Waals surface area (Å²) in [5.74, 6) is -1.51. The lowest BCUT2D eigenvalue weighted by Gasteiger charge is -2.40. The summed E-state index contributed by atoms with van der Waals surface area (Å²) in [4.78, 5) is 33.5. The fraction of sp³-hybridized carbons (Fsp3) is 0.333. The first-order chi connectivity index (χ1) is 16.1. The Bertz CT molecular complexity index is 1230. The molecule has 3 heterocycles. The number of rotatable bonds is 4. The van der Waals surface area contributed by atoms with E-state index in [-0.39, 0.29) is 18.1 Å². The van der Waals surface area contributed by atoms with Crippen LogP contribution in [-0.4, -0.2) is 65.2 Å². The van der Waals surface area contributed by atoms with Gasteiger partial charge in [0.15, 0.2) is 5.65 Å². The van der Waals surface area contributed by atoms with Crippen molar-refractivity contribution in [2.75, 3.05) is 41.8 Å². The molecule has 3 aromatic rings. The maximum absolute atomic E-state index is 13.7. The van der Waals surface area contributed by atoms with E-state index in [9.17, 15) is 27.2 Å². The number of nitrogens with zero attached hydrogens (tertiary/aromatic N) is 5. The smallest absolute Gasteiger partial charge is 0.364 e. The molecule has 0 aliphatic carbocycles. The molecule has 0 saturated carbocycles. The lowest BCUT2D eigenvalue weighted by atomic mass is 10.1. The minimum absolute atomic E-state index is 0.0588. The van der Waals surface area contributed by atoms with E-state index in [0.717, 1.165) is 19.2 Å². The zero-order valence-corrected chi connectivity index (χ0v) is 18.2. The molecule has 1 atom stereocenters. The van der Waals surface area contributed by atoms with Crippen LogP contribution in [0.4, 0.5) is 39.4 Å². The van der Waals surface area contributed by atoms with Gasteiger partial charge in [0.25, 0.3) is 0 Å². The number of fused-ring (bicyclic) bond motifs is 1. The number of nitrogens with one attached hydrogen (secondary N) is 2. The standard InChI is InChI=1S/C21H21F4N7O2/c1-12-10-30(2)5-6-31(12)18-14-8-27-29-19(14)26-9-17(18)28-20(34)32(11-33)13-3-4-16(22)15(7-13)21(23,24)25/h3-4,7-9,11-12H,5-6,10H2,1-2H3,(H,28,34)(H,26,27,29). The zero-order valence-electron chi connectivity index (χ0n) is 18.2. The van der Waals surface area contributed by atoms with E-state index in [2.05, 4.69) is 30.3 Å². The molecule has 2 N–H and O–H groups in total. The molecule has 1 unspecified atom stereocenters. The van der Waals surface area contributed by atoms with Gasteiger partial charge in [0, 0.05) is 25.7 Å². The van der Waals surface area contributed by atoms with Crippen molar-refractivity contribution in [1.29, 1.82) is 0 Å². The molecule has 3 amide bonds. The fourth-order valence-corrected chi connectivity index (χ4v) is 4.04. The number of anilines is 3. The second-order valence-electron chi connectivity index (χ2n) is 8.02. The molecule has 34 heavy (non-hydrogen) atoms. The normalized spacial score (nSPS) is 17.1. The summed E-state index contributed by atoms with van der Waals surface area (Å²) in [6.45, 7) is 4.17. The van der Waals surface area contributed by atoms with E-state index >= 15 is 0 Å². The predicted octanol–water partition coefficient (Wildman–Crippen LogP) is 3.45. The quantitative estimate of drug-likeness (QED) is 0.440. The van der Waals surface area contributed by atoms with Gasteiger partial charge in [-0.2, -0.15) is 18.3 Å². The Hall–Kier alpha value is -3.74. The van der Waals surface area contributed by atoms with Crippen molar-refractivity contribution in [3.05, 3.63) is 42.0 Å². The van der Waals surface area contributed by atoms with E-state index in [1.807, 2.05) is 14.0 Å². The molecule has 0 bridgehead atoms. The van der Waals surface area contributed by atoms with Crippen LogP contribution in [0, 0.1) is 5.82 Å². The summed E-state index contributed by atoms with van der Waals surface area (Å²) in [5.41, 5.74) is -0.667. The highest BCUT2D eigenvalue weighted by Gasteiger charge is 2.35. The van der Waals surface area contributed by atoms with Gasteiger partial charge in [-0.3, -0.25) is 9.89 Å². The second kappa shape index (κ2) is 8.89. The SMILES string of the molecule is CC1CN(C)CCN1c1c(NC(=O)N(C=O)c2ccc(F)c(C(F)(F)F)c2)cnc2[nH]ncc12. The molecule has 0 radical (unpaired) electrons. The maximum atomic E-state index is 13.7. The summed E-state index contributed by atoms with van der Waals surface area (Å²) < 4.78 is 53.0. The van der Waals surface area contributed by atoms with Crippen LogP contribution in [0.25, 0.3) is 11.0 Å². The Morgan fingerprint density at radius 2 is 2.06 bits per heavy atom. The molecule has 1 aromatic carbocycles. The largest absolute Gasteiger partial charge is 0.419 e. The summed E-state index contributed by atoms with van der Waals surface area (Å²) in [6.07, 6.45) is -1.99. The van der Waals surface area contributed by atoms with Gasteiger partial charge in [0.1, 0.15) is 5.82 Å². The first-order valence-corrected chi connectivity index (χ1v) is 10.3. The number of hydrogen-bond acceptors (Lipinski definition) is 6. The third-order valence-corrected chi connectivity index (χ3v) is 5.67. The Balaban J connectivity index is 1.70. The molecule has 1 aliphatic rings. The molecule has 4 rings (SSSR count). The van der Waals surface area contributed by atoms with Gasteiger partial charge in [-0.15, -0.1) is 0 Å². The van der Waals surface area contributed by atoms with Crippen LogP contribution in [0.3, 0.4) is 0 Å². The first-order valence-electron chi connectivity index (χ1n) is 10.3. The number of aromatic amines is 1. The molecular weight excluding hydrogens is 458 g/mol. The molecule has 0 spiro atoms. The fourth-order valence-electron chi connectivity index (χ4n) is 4.04. The van der Waals surface area contributed by atoms with Gasteiger partial charge in [-0.1, -0.05) is 0 Å². The first kappa shape index (κ1) is 23.4. The van der Waals surface area contributed by atoms with Crippen LogP contribution in [0.15, 0.2) is 30.6 Å². The summed E-state index contributed by atoms with van der Waals surface area (Å²) in [5, 5.41) is 9.98. The van der Waals surface area contributed by atoms with Crippen molar-refractivity contribution in [2.24, 2.45) is 0 Å². The number of amides is 3. The van der Waals surface area contributed by atoms with Crippen LogP contribution >= 0.6 is 0 Å². The van der Waals surface area contributed by atoms with Crippen LogP contribution < -0.4 is 15.1 Å². The van der Waals surface area contributed by atoms with Crippen molar-refractivity contribution >= 4 is 40.5 Å². The number of carbonyl (C=O) groups is 2. The average Bonchev–Trinajstić information content (AvgIpc) is 3.24. The van der Waals surface area contributed by atoms with Gasteiger partial charge >= 0.3 is 12.2 Å². The average molecular weight is 479 g/mol. The number of piperazine rings is 1. The molecule has 180 valence electrons. The van der Waals surface area contributed by atoms with E-state index in [4.69, 9.17) is 0 Å². The van der Waals surface area contributed by atoms with Crippen molar-refractivity contribution in [3.8, 4) is 0 Å². The molecule has 2 aromatic heterocycles. The molecule has 1 saturated heterocycles. The number of alkyl halides is 3. The van der Waals surface area contributed by atoms with Gasteiger partial charge < -0.3 is 15.1 Å². The Morgan fingerprint density at radius 3 is 2.74 bits per heavy atom. The number of benzene rings is 1. The highest BCUT2D eigenvalue weighted by Crippen LogP contribution is 2.36. The number of H-pyrrole nitrogens is 1. The summed E-state index contributed by atoms with van der Waals surface area (Å²) >= 11 is 0. The minimum atomic E-state index is -4.99. The highest BCUT2D eigenvalue weighted by molar-refractivity contribution is 6.14. The van der Waals surface area contributed by atoms with Crippen LogP contribution in [0.1, 0.15) is 12.5 Å². The van der Waals surface area contributed by atoms with Crippen LogP contribution in [0.2, 0.25) is 0 Å².